The molecule has 0 aliphatic carbocycles. The summed E-state index contributed by atoms with van der Waals surface area (Å²) in [6, 6.07) is 0. The monoisotopic (exact) mass is 300 g/mol. The number of rotatable bonds is 8. The molecule has 0 fully saturated rings. The molecule has 1 heterocycles. The van der Waals surface area contributed by atoms with E-state index in [9.17, 15) is 4.79 Å². The van der Waals surface area contributed by atoms with Crippen LogP contribution in [0, 0.1) is 13.8 Å². The highest BCUT2D eigenvalue weighted by atomic mass is 32.2. The second-order valence-corrected chi connectivity index (χ2v) is 5.92. The zero-order valence-electron chi connectivity index (χ0n) is 12.9. The molecule has 20 heavy (non-hydrogen) atoms. The molecule has 0 bridgehead atoms. The Bertz CT molecular complexity index is 428. The van der Waals surface area contributed by atoms with Gasteiger partial charge in [0.25, 0.3) is 5.22 Å². The van der Waals surface area contributed by atoms with Crippen molar-refractivity contribution in [1.29, 1.82) is 0 Å². The Hall–Kier alpha value is -1.01. The predicted octanol–water partition coefficient (Wildman–Crippen LogP) is 2.70. The summed E-state index contributed by atoms with van der Waals surface area (Å²) in [5.41, 5.74) is 0.304. The molecule has 1 N–H and O–H groups in total. The first-order chi connectivity index (χ1) is 9.42. The Labute approximate surface area is 124 Å². The summed E-state index contributed by atoms with van der Waals surface area (Å²) in [7, 11) is 1.78. The molecule has 1 atom stereocenters. The van der Waals surface area contributed by atoms with Gasteiger partial charge in [0, 0.05) is 5.75 Å². The van der Waals surface area contributed by atoms with Gasteiger partial charge in [0.1, 0.15) is 11.3 Å². The zero-order chi connectivity index (χ0) is 15.2. The van der Waals surface area contributed by atoms with Crippen LogP contribution in [-0.4, -0.2) is 35.9 Å². The minimum absolute atomic E-state index is 0.199. The van der Waals surface area contributed by atoms with Crippen LogP contribution in [0.3, 0.4) is 0 Å². The van der Waals surface area contributed by atoms with Gasteiger partial charge in [0.15, 0.2) is 0 Å². The fraction of sp³-hybridized carbons (Fsp3) is 0.714. The Balaban J connectivity index is 2.40. The molecule has 0 amide bonds. The number of hydrogen-bond donors (Lipinski definition) is 1. The van der Waals surface area contributed by atoms with Crippen molar-refractivity contribution >= 4 is 17.7 Å². The lowest BCUT2D eigenvalue weighted by molar-refractivity contribution is -0.150. The van der Waals surface area contributed by atoms with Crippen LogP contribution in [0.25, 0.3) is 0 Å². The van der Waals surface area contributed by atoms with E-state index in [1.807, 2.05) is 27.7 Å². The molecular formula is C14H24N2O3S. The SMILES string of the molecule is CCOC(=O)C(C)(CCCSc1nc(C)c(C)o1)NC. The first kappa shape index (κ1) is 17.0. The average Bonchev–Trinajstić information content (AvgIpc) is 2.74. The van der Waals surface area contributed by atoms with Crippen molar-refractivity contribution in [2.45, 2.75) is 51.3 Å². The Morgan fingerprint density at radius 1 is 1.50 bits per heavy atom. The molecule has 0 saturated carbocycles. The largest absolute Gasteiger partial charge is 0.465 e. The maximum atomic E-state index is 11.9. The molecule has 1 unspecified atom stereocenters. The molecule has 0 aliphatic heterocycles. The molecule has 0 spiro atoms. The number of nitrogens with one attached hydrogen (secondary N) is 1. The van der Waals surface area contributed by atoms with Crippen LogP contribution in [-0.2, 0) is 9.53 Å². The highest BCUT2D eigenvalue weighted by molar-refractivity contribution is 7.99. The Morgan fingerprint density at radius 2 is 2.20 bits per heavy atom. The van der Waals surface area contributed by atoms with Gasteiger partial charge in [-0.25, -0.2) is 4.98 Å². The first-order valence-electron chi connectivity index (χ1n) is 6.86. The molecule has 0 radical (unpaired) electrons. The fourth-order valence-electron chi connectivity index (χ4n) is 1.71. The van der Waals surface area contributed by atoms with E-state index in [1.54, 1.807) is 18.8 Å². The number of carbonyl (C=O) groups is 1. The van der Waals surface area contributed by atoms with E-state index in [-0.39, 0.29) is 5.97 Å². The lowest BCUT2D eigenvalue weighted by atomic mass is 9.97. The number of aromatic nitrogens is 1. The van der Waals surface area contributed by atoms with E-state index in [1.165, 1.54) is 0 Å². The number of likely N-dealkylation sites (N-methyl/N-ethyl adjacent to an activating group) is 1. The third-order valence-electron chi connectivity index (χ3n) is 3.33. The Morgan fingerprint density at radius 3 is 2.70 bits per heavy atom. The number of oxazole rings is 1. The number of carbonyl (C=O) groups excluding carboxylic acids is 1. The lowest BCUT2D eigenvalue weighted by Crippen LogP contribution is -2.48. The highest BCUT2D eigenvalue weighted by Crippen LogP contribution is 2.23. The van der Waals surface area contributed by atoms with Crippen molar-refractivity contribution in [1.82, 2.24) is 10.3 Å². The molecule has 1 aromatic rings. The van der Waals surface area contributed by atoms with Crippen molar-refractivity contribution in [3.8, 4) is 0 Å². The quantitative estimate of drug-likeness (QED) is 0.452. The summed E-state index contributed by atoms with van der Waals surface area (Å²) in [6.07, 6.45) is 1.59. The summed E-state index contributed by atoms with van der Waals surface area (Å²) < 4.78 is 10.6. The van der Waals surface area contributed by atoms with E-state index in [2.05, 4.69) is 10.3 Å². The van der Waals surface area contributed by atoms with Gasteiger partial charge in [-0.2, -0.15) is 0 Å². The minimum Gasteiger partial charge on any atom is -0.465 e. The van der Waals surface area contributed by atoms with Gasteiger partial charge in [-0.15, -0.1) is 0 Å². The molecular weight excluding hydrogens is 276 g/mol. The van der Waals surface area contributed by atoms with E-state index >= 15 is 0 Å². The van der Waals surface area contributed by atoms with Crippen LogP contribution in [0.15, 0.2) is 9.64 Å². The van der Waals surface area contributed by atoms with Gasteiger partial charge in [0.2, 0.25) is 0 Å². The highest BCUT2D eigenvalue weighted by Gasteiger charge is 2.32. The summed E-state index contributed by atoms with van der Waals surface area (Å²) in [5, 5.41) is 3.75. The van der Waals surface area contributed by atoms with Crippen molar-refractivity contribution < 1.29 is 13.9 Å². The Kier molecular flexibility index (Phi) is 6.55. The number of thioether (sulfide) groups is 1. The maximum Gasteiger partial charge on any atom is 0.326 e. The summed E-state index contributed by atoms with van der Waals surface area (Å²) in [4.78, 5) is 16.2. The van der Waals surface area contributed by atoms with Crippen LogP contribution in [0.2, 0.25) is 0 Å². The molecule has 0 saturated heterocycles. The minimum atomic E-state index is -0.626. The zero-order valence-corrected chi connectivity index (χ0v) is 13.7. The predicted molar refractivity (Wildman–Crippen MR) is 80.0 cm³/mol. The first-order valence-corrected chi connectivity index (χ1v) is 7.84. The van der Waals surface area contributed by atoms with Gasteiger partial charge in [0.05, 0.1) is 12.3 Å². The third-order valence-corrected chi connectivity index (χ3v) is 4.25. The van der Waals surface area contributed by atoms with Crippen molar-refractivity contribution in [3.63, 3.8) is 0 Å². The fourth-order valence-corrected chi connectivity index (χ4v) is 2.56. The van der Waals surface area contributed by atoms with Crippen LogP contribution in [0.1, 0.15) is 38.1 Å². The number of hydrogen-bond acceptors (Lipinski definition) is 6. The second kappa shape index (κ2) is 7.69. The summed E-state index contributed by atoms with van der Waals surface area (Å²) >= 11 is 1.57. The molecule has 1 aromatic heterocycles. The topological polar surface area (TPSA) is 64.4 Å². The van der Waals surface area contributed by atoms with Crippen LogP contribution < -0.4 is 5.32 Å². The lowest BCUT2D eigenvalue weighted by Gasteiger charge is -2.26. The molecule has 1 rings (SSSR count). The maximum absolute atomic E-state index is 11.9. The average molecular weight is 300 g/mol. The summed E-state index contributed by atoms with van der Waals surface area (Å²) in [6.45, 7) is 7.93. The van der Waals surface area contributed by atoms with Gasteiger partial charge in [-0.3, -0.25) is 4.79 Å². The van der Waals surface area contributed by atoms with Crippen molar-refractivity contribution in [2.75, 3.05) is 19.4 Å². The molecule has 0 aromatic carbocycles. The number of nitrogens with zero attached hydrogens (tertiary/aromatic N) is 1. The van der Waals surface area contributed by atoms with Gasteiger partial charge < -0.3 is 14.5 Å². The normalized spacial score (nSPS) is 14.1. The van der Waals surface area contributed by atoms with Gasteiger partial charge in [-0.05, 0) is 47.6 Å². The van der Waals surface area contributed by atoms with Crippen LogP contribution in [0.4, 0.5) is 0 Å². The van der Waals surface area contributed by atoms with Gasteiger partial charge >= 0.3 is 5.97 Å². The number of ether oxygens (including phenoxy) is 1. The number of esters is 1. The van der Waals surface area contributed by atoms with Crippen LogP contribution in [0.5, 0.6) is 0 Å². The smallest absolute Gasteiger partial charge is 0.326 e. The van der Waals surface area contributed by atoms with E-state index in [4.69, 9.17) is 9.15 Å². The second-order valence-electron chi connectivity index (χ2n) is 4.88. The number of aryl methyl sites for hydroxylation is 2. The standard InChI is InChI=1S/C14H24N2O3S/c1-6-18-12(17)14(4,15-5)8-7-9-20-13-16-10(2)11(3)19-13/h15H,6-9H2,1-5H3. The van der Waals surface area contributed by atoms with Gasteiger partial charge in [-0.1, -0.05) is 11.8 Å². The third kappa shape index (κ3) is 4.52. The van der Waals surface area contributed by atoms with Crippen molar-refractivity contribution in [3.05, 3.63) is 11.5 Å². The van der Waals surface area contributed by atoms with Crippen molar-refractivity contribution in [2.24, 2.45) is 0 Å². The van der Waals surface area contributed by atoms with E-state index in [0.29, 0.717) is 18.3 Å². The molecule has 5 nitrogen and oxygen atoms in total. The molecule has 6 heteroatoms. The van der Waals surface area contributed by atoms with Crippen LogP contribution >= 0.6 is 11.8 Å². The summed E-state index contributed by atoms with van der Waals surface area (Å²) in [5.74, 6) is 1.52. The van der Waals surface area contributed by atoms with E-state index < -0.39 is 5.54 Å². The molecule has 114 valence electrons. The molecule has 0 aliphatic rings. The van der Waals surface area contributed by atoms with E-state index in [0.717, 1.165) is 23.6 Å².